The number of hydrogen-bond donors (Lipinski definition) is 1. The Bertz CT molecular complexity index is 466. The summed E-state index contributed by atoms with van der Waals surface area (Å²) in [6, 6.07) is 0. The molecule has 1 amide bonds. The number of thiazole rings is 1. The van der Waals surface area contributed by atoms with Gasteiger partial charge in [-0.2, -0.15) is 0 Å². The standard InChI is InChI=1S/C12H16N2O3S/c1-4-6-9(11(16)17-5-2)10-7-18-12(14-10)13-8(3)15/h6-7H,4-5H2,1-3H3,(H,13,14,15)/b9-6-. The highest BCUT2D eigenvalue weighted by atomic mass is 32.1. The van der Waals surface area contributed by atoms with Crippen molar-refractivity contribution in [1.29, 1.82) is 0 Å². The van der Waals surface area contributed by atoms with Crippen molar-refractivity contribution in [1.82, 2.24) is 4.98 Å². The number of esters is 1. The quantitative estimate of drug-likeness (QED) is 0.658. The van der Waals surface area contributed by atoms with Gasteiger partial charge in [-0.3, -0.25) is 4.79 Å². The van der Waals surface area contributed by atoms with Crippen LogP contribution in [0.2, 0.25) is 0 Å². The van der Waals surface area contributed by atoms with Crippen LogP contribution in [0.15, 0.2) is 11.5 Å². The van der Waals surface area contributed by atoms with Gasteiger partial charge in [0.2, 0.25) is 5.91 Å². The molecule has 6 heteroatoms. The zero-order chi connectivity index (χ0) is 13.5. The van der Waals surface area contributed by atoms with Gasteiger partial charge in [-0.15, -0.1) is 11.3 Å². The molecular weight excluding hydrogens is 252 g/mol. The third-order valence-electron chi connectivity index (χ3n) is 1.97. The lowest BCUT2D eigenvalue weighted by atomic mass is 10.2. The Labute approximate surface area is 110 Å². The largest absolute Gasteiger partial charge is 0.462 e. The molecule has 1 N–H and O–H groups in total. The first-order valence-electron chi connectivity index (χ1n) is 5.69. The molecule has 0 saturated heterocycles. The molecule has 0 aliphatic rings. The van der Waals surface area contributed by atoms with E-state index >= 15 is 0 Å². The van der Waals surface area contributed by atoms with Crippen LogP contribution in [0.3, 0.4) is 0 Å². The van der Waals surface area contributed by atoms with E-state index in [-0.39, 0.29) is 11.9 Å². The number of anilines is 1. The summed E-state index contributed by atoms with van der Waals surface area (Å²) >= 11 is 1.28. The van der Waals surface area contributed by atoms with Crippen molar-refractivity contribution in [3.63, 3.8) is 0 Å². The number of allylic oxidation sites excluding steroid dienone is 1. The van der Waals surface area contributed by atoms with Gasteiger partial charge in [0.25, 0.3) is 0 Å². The maximum absolute atomic E-state index is 11.8. The molecule has 1 aromatic rings. The zero-order valence-corrected chi connectivity index (χ0v) is 11.5. The minimum absolute atomic E-state index is 0.187. The average molecular weight is 268 g/mol. The predicted octanol–water partition coefficient (Wildman–Crippen LogP) is 2.46. The molecule has 0 saturated carbocycles. The normalized spacial score (nSPS) is 11.2. The van der Waals surface area contributed by atoms with E-state index in [2.05, 4.69) is 10.3 Å². The second-order valence-electron chi connectivity index (χ2n) is 3.47. The van der Waals surface area contributed by atoms with Crippen LogP contribution in [0.25, 0.3) is 5.57 Å². The Morgan fingerprint density at radius 2 is 2.22 bits per heavy atom. The lowest BCUT2D eigenvalue weighted by Crippen LogP contribution is -2.08. The predicted molar refractivity (Wildman–Crippen MR) is 71.3 cm³/mol. The maximum Gasteiger partial charge on any atom is 0.340 e. The molecule has 5 nitrogen and oxygen atoms in total. The third kappa shape index (κ3) is 3.96. The topological polar surface area (TPSA) is 68.3 Å². The van der Waals surface area contributed by atoms with Gasteiger partial charge in [0.05, 0.1) is 17.9 Å². The van der Waals surface area contributed by atoms with Crippen molar-refractivity contribution in [2.45, 2.75) is 27.2 Å². The van der Waals surface area contributed by atoms with E-state index in [1.165, 1.54) is 18.3 Å². The summed E-state index contributed by atoms with van der Waals surface area (Å²) in [5.41, 5.74) is 0.969. The SMILES string of the molecule is CC/C=C(\C(=O)OCC)c1csc(NC(C)=O)n1. The minimum atomic E-state index is -0.390. The van der Waals surface area contributed by atoms with Crippen molar-refractivity contribution in [2.24, 2.45) is 0 Å². The van der Waals surface area contributed by atoms with E-state index in [4.69, 9.17) is 4.74 Å². The smallest absolute Gasteiger partial charge is 0.340 e. The van der Waals surface area contributed by atoms with Gasteiger partial charge in [0.15, 0.2) is 5.13 Å². The number of hydrogen-bond acceptors (Lipinski definition) is 5. The van der Waals surface area contributed by atoms with Crippen LogP contribution >= 0.6 is 11.3 Å². The minimum Gasteiger partial charge on any atom is -0.462 e. The van der Waals surface area contributed by atoms with E-state index in [0.717, 1.165) is 0 Å². The molecule has 0 aliphatic heterocycles. The van der Waals surface area contributed by atoms with Crippen LogP contribution in [0.4, 0.5) is 5.13 Å². The van der Waals surface area contributed by atoms with Gasteiger partial charge in [0, 0.05) is 12.3 Å². The molecular formula is C12H16N2O3S. The molecule has 1 aromatic heterocycles. The third-order valence-corrected chi connectivity index (χ3v) is 2.72. The number of aromatic nitrogens is 1. The van der Waals surface area contributed by atoms with Gasteiger partial charge in [-0.05, 0) is 13.3 Å². The number of ether oxygens (including phenoxy) is 1. The van der Waals surface area contributed by atoms with E-state index in [1.807, 2.05) is 6.92 Å². The van der Waals surface area contributed by atoms with E-state index in [9.17, 15) is 9.59 Å². The second-order valence-corrected chi connectivity index (χ2v) is 4.32. The molecule has 0 fully saturated rings. The first-order chi connectivity index (χ1) is 8.58. The number of nitrogens with zero attached hydrogens (tertiary/aromatic N) is 1. The highest BCUT2D eigenvalue weighted by Gasteiger charge is 2.16. The van der Waals surface area contributed by atoms with Crippen molar-refractivity contribution in [3.8, 4) is 0 Å². The number of amides is 1. The first-order valence-corrected chi connectivity index (χ1v) is 6.57. The number of carbonyl (C=O) groups excluding carboxylic acids is 2. The van der Waals surface area contributed by atoms with Crippen molar-refractivity contribution in [2.75, 3.05) is 11.9 Å². The zero-order valence-electron chi connectivity index (χ0n) is 10.6. The highest BCUT2D eigenvalue weighted by Crippen LogP contribution is 2.23. The lowest BCUT2D eigenvalue weighted by Gasteiger charge is -2.03. The van der Waals surface area contributed by atoms with Gasteiger partial charge in [-0.1, -0.05) is 13.0 Å². The summed E-state index contributed by atoms with van der Waals surface area (Å²) in [7, 11) is 0. The van der Waals surface area contributed by atoms with Crippen LogP contribution in [-0.4, -0.2) is 23.5 Å². The van der Waals surface area contributed by atoms with E-state index in [1.54, 1.807) is 18.4 Å². The Balaban J connectivity index is 2.93. The van der Waals surface area contributed by atoms with Crippen molar-refractivity contribution in [3.05, 3.63) is 17.2 Å². The number of nitrogens with one attached hydrogen (secondary N) is 1. The monoisotopic (exact) mass is 268 g/mol. The molecule has 0 aliphatic carbocycles. The van der Waals surface area contributed by atoms with Crippen LogP contribution < -0.4 is 5.32 Å². The molecule has 18 heavy (non-hydrogen) atoms. The molecule has 98 valence electrons. The van der Waals surface area contributed by atoms with Crippen LogP contribution in [0, 0.1) is 0 Å². The number of rotatable bonds is 5. The molecule has 0 aromatic carbocycles. The summed E-state index contributed by atoms with van der Waals surface area (Å²) in [5.74, 6) is -0.577. The van der Waals surface area contributed by atoms with Crippen molar-refractivity contribution < 1.29 is 14.3 Å². The molecule has 1 heterocycles. The fraction of sp³-hybridized carbons (Fsp3) is 0.417. The molecule has 0 bridgehead atoms. The van der Waals surface area contributed by atoms with Gasteiger partial charge < -0.3 is 10.1 Å². The Kier molecular flexibility index (Phi) is 5.51. The molecule has 0 atom stereocenters. The Morgan fingerprint density at radius 3 is 2.78 bits per heavy atom. The van der Waals surface area contributed by atoms with Crippen LogP contribution in [-0.2, 0) is 14.3 Å². The highest BCUT2D eigenvalue weighted by molar-refractivity contribution is 7.14. The summed E-state index contributed by atoms with van der Waals surface area (Å²) in [6.07, 6.45) is 2.48. The summed E-state index contributed by atoms with van der Waals surface area (Å²) in [5, 5.41) is 4.78. The van der Waals surface area contributed by atoms with E-state index in [0.29, 0.717) is 29.4 Å². The van der Waals surface area contributed by atoms with Crippen LogP contribution in [0.5, 0.6) is 0 Å². The lowest BCUT2D eigenvalue weighted by molar-refractivity contribution is -0.136. The van der Waals surface area contributed by atoms with E-state index < -0.39 is 0 Å². The molecule has 0 radical (unpaired) electrons. The molecule has 0 unspecified atom stereocenters. The van der Waals surface area contributed by atoms with Crippen LogP contribution in [0.1, 0.15) is 32.9 Å². The summed E-state index contributed by atoms with van der Waals surface area (Å²) < 4.78 is 4.97. The Hall–Kier alpha value is -1.69. The summed E-state index contributed by atoms with van der Waals surface area (Å²) in [6.45, 7) is 5.42. The summed E-state index contributed by atoms with van der Waals surface area (Å²) in [4.78, 5) is 26.8. The number of carbonyl (C=O) groups is 2. The molecule has 1 rings (SSSR count). The fourth-order valence-corrected chi connectivity index (χ4v) is 2.07. The van der Waals surface area contributed by atoms with Crippen molar-refractivity contribution >= 4 is 33.9 Å². The Morgan fingerprint density at radius 1 is 1.50 bits per heavy atom. The fourth-order valence-electron chi connectivity index (χ4n) is 1.31. The van der Waals surface area contributed by atoms with Gasteiger partial charge >= 0.3 is 5.97 Å². The molecule has 0 spiro atoms. The first kappa shape index (κ1) is 14.4. The van der Waals surface area contributed by atoms with Gasteiger partial charge in [0.1, 0.15) is 0 Å². The maximum atomic E-state index is 11.8. The average Bonchev–Trinajstić information content (AvgIpc) is 2.73. The van der Waals surface area contributed by atoms with Gasteiger partial charge in [-0.25, -0.2) is 9.78 Å². The second kappa shape index (κ2) is 6.90.